The first-order valence-electron chi connectivity index (χ1n) is 12.6. The number of carbonyl (C=O) groups excluding carboxylic acids is 2. The smallest absolute Gasteiger partial charge is 0.301 e. The Bertz CT molecular complexity index is 1380. The van der Waals surface area contributed by atoms with E-state index in [4.69, 9.17) is 9.57 Å². The molecule has 0 saturated heterocycles. The molecule has 2 aliphatic heterocycles. The molecule has 2 aromatic carbocycles. The first kappa shape index (κ1) is 25.5. The Morgan fingerprint density at radius 3 is 2.71 bits per heavy atom. The summed E-state index contributed by atoms with van der Waals surface area (Å²) in [4.78, 5) is 45.7. The van der Waals surface area contributed by atoms with Crippen LogP contribution in [0.15, 0.2) is 48.7 Å². The van der Waals surface area contributed by atoms with Crippen molar-refractivity contribution in [3.05, 3.63) is 71.2 Å². The molecule has 5 rings (SSSR count). The molecule has 0 spiro atoms. The fourth-order valence-corrected chi connectivity index (χ4v) is 4.79. The van der Waals surface area contributed by atoms with Crippen LogP contribution in [0.2, 0.25) is 0 Å². The maximum absolute atomic E-state index is 14.0. The molecule has 38 heavy (non-hydrogen) atoms. The number of ether oxygens (including phenoxy) is 1. The van der Waals surface area contributed by atoms with Gasteiger partial charge in [-0.05, 0) is 51.2 Å². The first-order chi connectivity index (χ1) is 18.2. The van der Waals surface area contributed by atoms with Crippen molar-refractivity contribution in [2.24, 2.45) is 0 Å². The second-order valence-corrected chi connectivity index (χ2v) is 9.98. The van der Waals surface area contributed by atoms with E-state index in [0.717, 1.165) is 16.8 Å². The Morgan fingerprint density at radius 1 is 1.16 bits per heavy atom. The molecular weight excluding hydrogens is 484 g/mol. The lowest BCUT2D eigenvalue weighted by Crippen LogP contribution is -2.51. The van der Waals surface area contributed by atoms with Gasteiger partial charge in [-0.25, -0.2) is 4.98 Å². The number of amides is 2. The van der Waals surface area contributed by atoms with Gasteiger partial charge < -0.3 is 24.7 Å². The van der Waals surface area contributed by atoms with Gasteiger partial charge >= 0.3 is 5.91 Å². The Kier molecular flexibility index (Phi) is 6.90. The van der Waals surface area contributed by atoms with Gasteiger partial charge in [0.05, 0.1) is 6.20 Å². The number of aryl methyl sites for hydroxylation is 1. The van der Waals surface area contributed by atoms with Crippen molar-refractivity contribution in [2.45, 2.75) is 25.4 Å². The van der Waals surface area contributed by atoms with Crippen LogP contribution in [0.1, 0.15) is 33.2 Å². The zero-order chi connectivity index (χ0) is 27.0. The summed E-state index contributed by atoms with van der Waals surface area (Å²) < 4.78 is 6.21. The largest absolute Gasteiger partial charge is 0.462 e. The molecule has 198 valence electrons. The molecule has 0 fully saturated rings. The summed E-state index contributed by atoms with van der Waals surface area (Å²) in [5.74, 6) is 0.488. The monoisotopic (exact) mass is 516 g/mol. The van der Waals surface area contributed by atoms with Gasteiger partial charge in [0.1, 0.15) is 5.82 Å². The van der Waals surface area contributed by atoms with Crippen molar-refractivity contribution in [3.8, 4) is 11.6 Å². The van der Waals surface area contributed by atoms with E-state index in [0.29, 0.717) is 42.3 Å². The fourth-order valence-electron chi connectivity index (χ4n) is 4.79. The summed E-state index contributed by atoms with van der Waals surface area (Å²) in [6, 6.07) is 13.2. The van der Waals surface area contributed by atoms with Crippen molar-refractivity contribution in [2.75, 3.05) is 51.7 Å². The number of carbonyl (C=O) groups is 2. The number of nitrogens with zero attached hydrogens (tertiary/aromatic N) is 5. The molecule has 0 radical (unpaired) electrons. The molecule has 2 aliphatic rings. The maximum Gasteiger partial charge on any atom is 0.301 e. The van der Waals surface area contributed by atoms with E-state index in [-0.39, 0.29) is 23.6 Å². The van der Waals surface area contributed by atoms with Gasteiger partial charge in [-0.3, -0.25) is 9.59 Å². The normalized spacial score (nSPS) is 17.9. The predicted molar refractivity (Wildman–Crippen MR) is 144 cm³/mol. The highest BCUT2D eigenvalue weighted by molar-refractivity contribution is 5.99. The van der Waals surface area contributed by atoms with Gasteiger partial charge in [-0.2, -0.15) is 4.98 Å². The number of aromatic nitrogens is 2. The van der Waals surface area contributed by atoms with E-state index >= 15 is 0 Å². The molecule has 2 amide bonds. The molecule has 3 aromatic rings. The maximum atomic E-state index is 14.0. The van der Waals surface area contributed by atoms with Crippen LogP contribution in [0.4, 0.5) is 11.4 Å². The van der Waals surface area contributed by atoms with Crippen LogP contribution in [-0.2, 0) is 11.2 Å². The number of hydrogen-bond donors (Lipinski definition) is 1. The highest BCUT2D eigenvalue weighted by Gasteiger charge is 2.45. The van der Waals surface area contributed by atoms with Crippen LogP contribution in [0, 0.1) is 6.92 Å². The summed E-state index contributed by atoms with van der Waals surface area (Å²) in [5, 5.41) is 4.59. The Labute approximate surface area is 222 Å². The van der Waals surface area contributed by atoms with E-state index in [1.165, 1.54) is 16.2 Å². The lowest BCUT2D eigenvalue weighted by molar-refractivity contribution is -0.132. The average Bonchev–Trinajstić information content (AvgIpc) is 3.32. The molecule has 10 heteroatoms. The minimum Gasteiger partial charge on any atom is -0.462 e. The van der Waals surface area contributed by atoms with E-state index in [1.54, 1.807) is 39.2 Å². The number of likely N-dealkylation sites (N-methyl/N-ethyl adjacent to an activating group) is 1. The van der Waals surface area contributed by atoms with E-state index in [1.807, 2.05) is 43.3 Å². The standard InChI is InChI=1S/C28H32N6O4/c1-17-29-16-23-26(31-17)37-25(21-15-30-22-11-7-6-9-18(21)22)28(36)34(23)38-24-12-8-10-20(27(35)33(4)5)19(24)13-14-32(2)3/h6-12,16,21,25,30H,13-15H2,1-5H3. The number of para-hydroxylation sites is 1. The molecule has 1 aromatic heterocycles. The van der Waals surface area contributed by atoms with Gasteiger partial charge in [-0.15, -0.1) is 5.06 Å². The van der Waals surface area contributed by atoms with Gasteiger partial charge in [0.2, 0.25) is 5.88 Å². The lowest BCUT2D eigenvalue weighted by atomic mass is 9.94. The van der Waals surface area contributed by atoms with Gasteiger partial charge in [0.25, 0.3) is 5.91 Å². The van der Waals surface area contributed by atoms with Crippen molar-refractivity contribution >= 4 is 23.2 Å². The molecule has 0 bridgehead atoms. The number of benzene rings is 2. The van der Waals surface area contributed by atoms with Crippen LogP contribution < -0.4 is 20.0 Å². The highest BCUT2D eigenvalue weighted by atomic mass is 16.7. The van der Waals surface area contributed by atoms with E-state index in [9.17, 15) is 9.59 Å². The number of fused-ring (bicyclic) bond motifs is 2. The molecule has 1 N–H and O–H groups in total. The van der Waals surface area contributed by atoms with Gasteiger partial charge in [-0.1, -0.05) is 24.3 Å². The minimum atomic E-state index is -0.857. The van der Waals surface area contributed by atoms with E-state index < -0.39 is 6.10 Å². The minimum absolute atomic E-state index is 0.136. The highest BCUT2D eigenvalue weighted by Crippen LogP contribution is 2.41. The zero-order valence-corrected chi connectivity index (χ0v) is 22.3. The van der Waals surface area contributed by atoms with Crippen LogP contribution in [0.3, 0.4) is 0 Å². The quantitative estimate of drug-likeness (QED) is 0.512. The SMILES string of the molecule is Cc1ncc2c(n1)OC(C1CNc3ccccc31)C(=O)N2Oc1cccc(C(=O)N(C)C)c1CCN(C)C. The van der Waals surface area contributed by atoms with Gasteiger partial charge in [0, 0.05) is 49.9 Å². The Morgan fingerprint density at radius 2 is 1.95 bits per heavy atom. The van der Waals surface area contributed by atoms with Crippen LogP contribution in [-0.4, -0.2) is 79.0 Å². The second kappa shape index (κ2) is 10.3. The first-order valence-corrected chi connectivity index (χ1v) is 12.6. The van der Waals surface area contributed by atoms with Crippen LogP contribution >= 0.6 is 0 Å². The number of hydrogen-bond acceptors (Lipinski definition) is 8. The zero-order valence-electron chi connectivity index (χ0n) is 22.3. The van der Waals surface area contributed by atoms with Crippen LogP contribution in [0.5, 0.6) is 11.6 Å². The van der Waals surface area contributed by atoms with Crippen molar-refractivity contribution in [1.29, 1.82) is 0 Å². The molecule has 3 heterocycles. The van der Waals surface area contributed by atoms with Crippen molar-refractivity contribution in [3.63, 3.8) is 0 Å². The third-order valence-corrected chi connectivity index (χ3v) is 6.76. The number of rotatable bonds is 7. The summed E-state index contributed by atoms with van der Waals surface area (Å²) in [5.41, 5.74) is 3.55. The lowest BCUT2D eigenvalue weighted by Gasteiger charge is -2.35. The van der Waals surface area contributed by atoms with E-state index in [2.05, 4.69) is 15.3 Å². The Balaban J connectivity index is 1.56. The number of anilines is 2. The summed E-state index contributed by atoms with van der Waals surface area (Å²) >= 11 is 0. The number of nitrogens with one attached hydrogen (secondary N) is 1. The molecule has 2 atom stereocenters. The number of hydroxylamine groups is 1. The summed E-state index contributed by atoms with van der Waals surface area (Å²) in [6.07, 6.45) is 1.22. The topological polar surface area (TPSA) is 100 Å². The average molecular weight is 517 g/mol. The van der Waals surface area contributed by atoms with Crippen LogP contribution in [0.25, 0.3) is 0 Å². The molecular formula is C28H32N6O4. The summed E-state index contributed by atoms with van der Waals surface area (Å²) in [6.45, 7) is 3.00. The summed E-state index contributed by atoms with van der Waals surface area (Å²) in [7, 11) is 7.36. The van der Waals surface area contributed by atoms with Crippen molar-refractivity contribution in [1.82, 2.24) is 19.8 Å². The third-order valence-electron chi connectivity index (χ3n) is 6.76. The predicted octanol–water partition coefficient (Wildman–Crippen LogP) is 2.89. The second-order valence-electron chi connectivity index (χ2n) is 9.98. The van der Waals surface area contributed by atoms with Gasteiger partial charge in [0.15, 0.2) is 17.5 Å². The Hall–Kier alpha value is -4.18. The fraction of sp³-hybridized carbons (Fsp3) is 0.357. The molecule has 10 nitrogen and oxygen atoms in total. The molecule has 0 aliphatic carbocycles. The molecule has 2 unspecified atom stereocenters. The molecule has 0 saturated carbocycles. The van der Waals surface area contributed by atoms with Crippen molar-refractivity contribution < 1.29 is 19.2 Å². The third kappa shape index (κ3) is 4.74.